The van der Waals surface area contributed by atoms with E-state index in [1.165, 1.54) is 11.3 Å². The number of fused-ring (bicyclic) bond motifs is 1. The summed E-state index contributed by atoms with van der Waals surface area (Å²) in [5.74, 6) is 1.31. The second kappa shape index (κ2) is 6.92. The van der Waals surface area contributed by atoms with Crippen LogP contribution in [0.4, 0.5) is 5.69 Å². The normalized spacial score (nSPS) is 15.0. The zero-order valence-electron chi connectivity index (χ0n) is 13.7. The molecule has 2 aromatic carbocycles. The SMILES string of the molecule is COc1ccc(C(O)CN2CCCc3ccccc32)cc1OC. The maximum atomic E-state index is 10.6. The van der Waals surface area contributed by atoms with Gasteiger partial charge in [0.15, 0.2) is 11.5 Å². The molecular formula is C19H23NO3. The smallest absolute Gasteiger partial charge is 0.161 e. The third-order valence-electron chi connectivity index (χ3n) is 4.39. The predicted molar refractivity (Wildman–Crippen MR) is 91.5 cm³/mol. The highest BCUT2D eigenvalue weighted by atomic mass is 16.5. The zero-order chi connectivity index (χ0) is 16.2. The van der Waals surface area contributed by atoms with Gasteiger partial charge < -0.3 is 19.5 Å². The molecule has 0 bridgehead atoms. The molecule has 1 atom stereocenters. The molecule has 0 spiro atoms. The molecule has 4 nitrogen and oxygen atoms in total. The molecule has 0 radical (unpaired) electrons. The highest BCUT2D eigenvalue weighted by Crippen LogP contribution is 2.32. The monoisotopic (exact) mass is 313 g/mol. The Morgan fingerprint density at radius 3 is 2.65 bits per heavy atom. The molecule has 1 N–H and O–H groups in total. The summed E-state index contributed by atoms with van der Waals surface area (Å²) in [7, 11) is 3.22. The summed E-state index contributed by atoms with van der Waals surface area (Å²) < 4.78 is 10.6. The molecule has 0 saturated heterocycles. The second-order valence-corrected chi connectivity index (χ2v) is 5.81. The lowest BCUT2D eigenvalue weighted by molar-refractivity contribution is 0.182. The van der Waals surface area contributed by atoms with E-state index in [2.05, 4.69) is 29.2 Å². The van der Waals surface area contributed by atoms with E-state index in [9.17, 15) is 5.11 Å². The second-order valence-electron chi connectivity index (χ2n) is 5.81. The summed E-state index contributed by atoms with van der Waals surface area (Å²) in [5, 5.41) is 10.6. The minimum Gasteiger partial charge on any atom is -0.493 e. The molecule has 1 aliphatic heterocycles. The Morgan fingerprint density at radius 2 is 1.87 bits per heavy atom. The molecule has 122 valence electrons. The number of rotatable bonds is 5. The van der Waals surface area contributed by atoms with Crippen LogP contribution in [0, 0.1) is 0 Å². The highest BCUT2D eigenvalue weighted by molar-refractivity contribution is 5.55. The average molecular weight is 313 g/mol. The van der Waals surface area contributed by atoms with Gasteiger partial charge in [0.1, 0.15) is 0 Å². The van der Waals surface area contributed by atoms with Gasteiger partial charge in [-0.25, -0.2) is 0 Å². The molecule has 0 amide bonds. The Bertz CT molecular complexity index is 671. The van der Waals surface area contributed by atoms with Crippen molar-refractivity contribution >= 4 is 5.69 Å². The molecule has 1 aliphatic rings. The third kappa shape index (κ3) is 3.27. The van der Waals surface area contributed by atoms with Crippen LogP contribution in [0.15, 0.2) is 42.5 Å². The molecule has 0 aliphatic carbocycles. The Labute approximate surface area is 137 Å². The summed E-state index contributed by atoms with van der Waals surface area (Å²) in [6.45, 7) is 1.55. The van der Waals surface area contributed by atoms with Gasteiger partial charge >= 0.3 is 0 Å². The lowest BCUT2D eigenvalue weighted by Crippen LogP contribution is -2.33. The minimum atomic E-state index is -0.569. The number of β-amino-alcohol motifs (C(OH)–C–C–N with tert-alkyl or cyclic N) is 1. The number of para-hydroxylation sites is 1. The van der Waals surface area contributed by atoms with Crippen LogP contribution in [0.5, 0.6) is 11.5 Å². The van der Waals surface area contributed by atoms with Crippen LogP contribution in [-0.4, -0.2) is 32.4 Å². The molecule has 23 heavy (non-hydrogen) atoms. The largest absolute Gasteiger partial charge is 0.493 e. The van der Waals surface area contributed by atoms with Crippen LogP contribution < -0.4 is 14.4 Å². The first-order valence-corrected chi connectivity index (χ1v) is 7.95. The number of benzene rings is 2. The summed E-state index contributed by atoms with van der Waals surface area (Å²) in [6.07, 6.45) is 1.66. The van der Waals surface area contributed by atoms with E-state index in [0.717, 1.165) is 24.9 Å². The maximum Gasteiger partial charge on any atom is 0.161 e. The van der Waals surface area contributed by atoms with E-state index in [1.54, 1.807) is 14.2 Å². The number of anilines is 1. The van der Waals surface area contributed by atoms with Crippen LogP contribution >= 0.6 is 0 Å². The Balaban J connectivity index is 1.79. The van der Waals surface area contributed by atoms with Crippen molar-refractivity contribution in [3.8, 4) is 11.5 Å². The van der Waals surface area contributed by atoms with E-state index >= 15 is 0 Å². The third-order valence-corrected chi connectivity index (χ3v) is 4.39. The van der Waals surface area contributed by atoms with Crippen molar-refractivity contribution in [1.29, 1.82) is 0 Å². The van der Waals surface area contributed by atoms with E-state index in [4.69, 9.17) is 9.47 Å². The van der Waals surface area contributed by atoms with Crippen molar-refractivity contribution in [3.05, 3.63) is 53.6 Å². The van der Waals surface area contributed by atoms with Crippen molar-refractivity contribution in [2.24, 2.45) is 0 Å². The molecule has 1 heterocycles. The first kappa shape index (κ1) is 15.7. The lowest BCUT2D eigenvalue weighted by Gasteiger charge is -2.33. The number of ether oxygens (including phenoxy) is 2. The van der Waals surface area contributed by atoms with E-state index in [1.807, 2.05) is 18.2 Å². The maximum absolute atomic E-state index is 10.6. The number of methoxy groups -OCH3 is 2. The molecular weight excluding hydrogens is 290 g/mol. The molecule has 2 aromatic rings. The van der Waals surface area contributed by atoms with Crippen LogP contribution in [0.2, 0.25) is 0 Å². The summed E-state index contributed by atoms with van der Waals surface area (Å²) >= 11 is 0. The molecule has 0 aromatic heterocycles. The van der Waals surface area contributed by atoms with E-state index < -0.39 is 6.10 Å². The standard InChI is InChI=1S/C19H23NO3/c1-22-18-10-9-15(12-19(18)23-2)17(21)13-20-11-5-7-14-6-3-4-8-16(14)20/h3-4,6,8-10,12,17,21H,5,7,11,13H2,1-2H3. The number of aliphatic hydroxyl groups is 1. The fourth-order valence-electron chi connectivity index (χ4n) is 3.18. The fourth-order valence-corrected chi connectivity index (χ4v) is 3.18. The van der Waals surface area contributed by atoms with Crippen LogP contribution in [0.1, 0.15) is 23.7 Å². The van der Waals surface area contributed by atoms with Crippen LogP contribution in [0.3, 0.4) is 0 Å². The van der Waals surface area contributed by atoms with Crippen molar-refractivity contribution in [3.63, 3.8) is 0 Å². The quantitative estimate of drug-likeness (QED) is 0.920. The number of hydrogen-bond acceptors (Lipinski definition) is 4. The van der Waals surface area contributed by atoms with Gasteiger partial charge in [-0.05, 0) is 42.2 Å². The van der Waals surface area contributed by atoms with Crippen molar-refractivity contribution < 1.29 is 14.6 Å². The van der Waals surface area contributed by atoms with Gasteiger partial charge in [-0.2, -0.15) is 0 Å². The van der Waals surface area contributed by atoms with Gasteiger partial charge in [0.25, 0.3) is 0 Å². The van der Waals surface area contributed by atoms with Crippen LogP contribution in [0.25, 0.3) is 0 Å². The molecule has 1 unspecified atom stereocenters. The molecule has 0 saturated carbocycles. The fraction of sp³-hybridized carbons (Fsp3) is 0.368. The van der Waals surface area contributed by atoms with Gasteiger partial charge in [0.05, 0.1) is 20.3 Å². The lowest BCUT2D eigenvalue weighted by atomic mass is 10.0. The number of aryl methyl sites for hydroxylation is 1. The summed E-state index contributed by atoms with van der Waals surface area (Å²) in [5.41, 5.74) is 3.43. The van der Waals surface area contributed by atoms with E-state index in [0.29, 0.717) is 18.0 Å². The first-order valence-electron chi connectivity index (χ1n) is 7.95. The van der Waals surface area contributed by atoms with Crippen molar-refractivity contribution in [1.82, 2.24) is 0 Å². The molecule has 3 rings (SSSR count). The topological polar surface area (TPSA) is 41.9 Å². The van der Waals surface area contributed by atoms with Crippen LogP contribution in [-0.2, 0) is 6.42 Å². The van der Waals surface area contributed by atoms with Gasteiger partial charge in [-0.3, -0.25) is 0 Å². The molecule has 4 heteroatoms. The van der Waals surface area contributed by atoms with Crippen molar-refractivity contribution in [2.45, 2.75) is 18.9 Å². The average Bonchev–Trinajstić information content (AvgIpc) is 2.61. The van der Waals surface area contributed by atoms with E-state index in [-0.39, 0.29) is 0 Å². The predicted octanol–water partition coefficient (Wildman–Crippen LogP) is 3.19. The molecule has 0 fully saturated rings. The Morgan fingerprint density at radius 1 is 1.09 bits per heavy atom. The number of hydrogen-bond donors (Lipinski definition) is 1. The Kier molecular flexibility index (Phi) is 4.72. The van der Waals surface area contributed by atoms with Gasteiger partial charge in [-0.15, -0.1) is 0 Å². The highest BCUT2D eigenvalue weighted by Gasteiger charge is 2.20. The summed E-state index contributed by atoms with van der Waals surface area (Å²) in [4.78, 5) is 2.26. The van der Waals surface area contributed by atoms with Gasteiger partial charge in [-0.1, -0.05) is 24.3 Å². The van der Waals surface area contributed by atoms with Crippen molar-refractivity contribution in [2.75, 3.05) is 32.2 Å². The summed E-state index contributed by atoms with van der Waals surface area (Å²) in [6, 6.07) is 14.0. The minimum absolute atomic E-state index is 0.569. The number of nitrogens with zero attached hydrogens (tertiary/aromatic N) is 1. The Hall–Kier alpha value is -2.20. The van der Waals surface area contributed by atoms with Gasteiger partial charge in [0.2, 0.25) is 0 Å². The number of aliphatic hydroxyl groups excluding tert-OH is 1. The zero-order valence-corrected chi connectivity index (χ0v) is 13.7. The van der Waals surface area contributed by atoms with Gasteiger partial charge in [0, 0.05) is 18.8 Å². The first-order chi connectivity index (χ1) is 11.2.